The first kappa shape index (κ1) is 36.6. The van der Waals surface area contributed by atoms with Crippen molar-refractivity contribution in [3.8, 4) is 0 Å². The molecule has 4 amide bonds. The molecule has 2 aromatic carbocycles. The first-order valence-electron chi connectivity index (χ1n) is 18.5. The van der Waals surface area contributed by atoms with E-state index in [-0.39, 0.29) is 48.7 Å². The van der Waals surface area contributed by atoms with Gasteiger partial charge < -0.3 is 14.5 Å². The van der Waals surface area contributed by atoms with E-state index in [4.69, 9.17) is 14.4 Å². The van der Waals surface area contributed by atoms with Crippen molar-refractivity contribution in [1.29, 1.82) is 0 Å². The minimum Gasteiger partial charge on any atom is -0.376 e. The Morgan fingerprint density at radius 1 is 0.680 bits per heavy atom. The molecule has 0 aromatic heterocycles. The molecule has 0 N–H and O–H groups in total. The van der Waals surface area contributed by atoms with Crippen molar-refractivity contribution in [2.45, 2.75) is 115 Å². The number of benzene rings is 2. The standard InChI is InChI=1S/C19H27N3O4S.C16H20N2O3.C2H6/c1-27(24,25)22(16-9-5-10-16)17-11-6-13-20(14-12-17)19(23)21-18(26-21)15-7-3-2-4-8-15;19-16(18-15(21-18)12-6-2-1-3-7-12)17-10-4-8-13(17)14-9-5-11-20-14;1-2/h2-4,7-8,16-18H,5-6,9-14H2,1H3;1-3,6-7,13-15H,4-5,8-11H2;1-2H3. The Bertz CT molecular complexity index is 1520. The van der Waals surface area contributed by atoms with Crippen LogP contribution in [0, 0.1) is 0 Å². The third kappa shape index (κ3) is 8.45. The first-order valence-corrected chi connectivity index (χ1v) is 20.4. The number of sulfonamides is 1. The molecular formula is C37H53N5O7S. The lowest BCUT2D eigenvalue weighted by Crippen LogP contribution is -2.50. The predicted octanol–water partition coefficient (Wildman–Crippen LogP) is 6.44. The Hall–Kier alpha value is -3.23. The molecule has 1 aliphatic carbocycles. The SMILES string of the molecule is CC.CS(=O)(=O)N(C1CCC1)C1CCCN(C(=O)N2OC2c2ccccc2)CC1.O=C(N1CCCC1C1CCCO1)N1OC1c1ccccc1. The maximum Gasteiger partial charge on any atom is 0.347 e. The largest absolute Gasteiger partial charge is 0.376 e. The summed E-state index contributed by atoms with van der Waals surface area (Å²) in [7, 11) is -3.23. The molecule has 274 valence electrons. The van der Waals surface area contributed by atoms with E-state index in [1.165, 1.54) is 16.4 Å². The van der Waals surface area contributed by atoms with Gasteiger partial charge in [0.05, 0.1) is 18.4 Å². The summed E-state index contributed by atoms with van der Waals surface area (Å²) in [5.41, 5.74) is 1.99. The number of carbonyl (C=O) groups is 2. The van der Waals surface area contributed by atoms with Crippen molar-refractivity contribution in [1.82, 2.24) is 24.2 Å². The zero-order valence-corrected chi connectivity index (χ0v) is 30.5. The van der Waals surface area contributed by atoms with E-state index >= 15 is 0 Å². The van der Waals surface area contributed by atoms with Gasteiger partial charge in [0.2, 0.25) is 22.5 Å². The Labute approximate surface area is 297 Å². The van der Waals surface area contributed by atoms with Crippen molar-refractivity contribution >= 4 is 22.1 Å². The molecule has 5 aliphatic heterocycles. The number of carbonyl (C=O) groups excluding carboxylic acids is 2. The van der Waals surface area contributed by atoms with E-state index in [1.54, 1.807) is 9.21 Å². The van der Waals surface area contributed by atoms with Crippen LogP contribution in [0.25, 0.3) is 0 Å². The van der Waals surface area contributed by atoms with Crippen LogP contribution in [-0.2, 0) is 24.4 Å². The molecule has 0 bridgehead atoms. The zero-order valence-electron chi connectivity index (χ0n) is 29.6. The van der Waals surface area contributed by atoms with Crippen LogP contribution in [0.15, 0.2) is 60.7 Å². The molecule has 5 saturated heterocycles. The predicted molar refractivity (Wildman–Crippen MR) is 189 cm³/mol. The molecule has 8 rings (SSSR count). The minimum absolute atomic E-state index is 0.0110. The van der Waals surface area contributed by atoms with Crippen LogP contribution in [-0.4, -0.2) is 101 Å². The van der Waals surface area contributed by atoms with Crippen LogP contribution < -0.4 is 0 Å². The van der Waals surface area contributed by atoms with Crippen molar-refractivity contribution in [3.05, 3.63) is 71.8 Å². The molecule has 1 saturated carbocycles. The van der Waals surface area contributed by atoms with E-state index in [2.05, 4.69) is 0 Å². The second-order valence-corrected chi connectivity index (χ2v) is 15.5. The maximum atomic E-state index is 12.8. The number of urea groups is 2. The number of rotatable bonds is 6. The first-order chi connectivity index (χ1) is 24.3. The van der Waals surface area contributed by atoms with E-state index in [1.807, 2.05) is 79.4 Å². The van der Waals surface area contributed by atoms with Gasteiger partial charge in [-0.1, -0.05) is 80.9 Å². The number of amides is 4. The summed E-state index contributed by atoms with van der Waals surface area (Å²) in [6.07, 6.45) is 10.6. The molecule has 6 fully saturated rings. The summed E-state index contributed by atoms with van der Waals surface area (Å²) in [6.45, 7) is 6.84. The number of hydroxylamine groups is 4. The lowest BCUT2D eigenvalue weighted by atomic mass is 9.91. The van der Waals surface area contributed by atoms with Gasteiger partial charge in [-0.3, -0.25) is 0 Å². The van der Waals surface area contributed by atoms with E-state index < -0.39 is 10.0 Å². The molecule has 6 aliphatic rings. The van der Waals surface area contributed by atoms with Crippen LogP contribution >= 0.6 is 0 Å². The molecule has 12 nitrogen and oxygen atoms in total. The van der Waals surface area contributed by atoms with Gasteiger partial charge in [-0.25, -0.2) is 27.7 Å². The Morgan fingerprint density at radius 2 is 1.24 bits per heavy atom. The number of ether oxygens (including phenoxy) is 1. The highest BCUT2D eigenvalue weighted by Crippen LogP contribution is 2.41. The summed E-state index contributed by atoms with van der Waals surface area (Å²) in [4.78, 5) is 40.1. The summed E-state index contributed by atoms with van der Waals surface area (Å²) >= 11 is 0. The minimum atomic E-state index is -3.23. The molecular weight excluding hydrogens is 659 g/mol. The fourth-order valence-electron chi connectivity index (χ4n) is 7.67. The van der Waals surface area contributed by atoms with Crippen molar-refractivity contribution in [3.63, 3.8) is 0 Å². The average molecular weight is 712 g/mol. The third-order valence-corrected chi connectivity index (χ3v) is 11.8. The summed E-state index contributed by atoms with van der Waals surface area (Å²) < 4.78 is 32.2. The Kier molecular flexibility index (Phi) is 12.0. The normalized spacial score (nSPS) is 27.8. The summed E-state index contributed by atoms with van der Waals surface area (Å²) in [6, 6.07) is 19.8. The fourth-order valence-corrected chi connectivity index (χ4v) is 9.18. The van der Waals surface area contributed by atoms with Crippen LogP contribution in [0.1, 0.15) is 102 Å². The fraction of sp³-hybridized carbons (Fsp3) is 0.622. The Morgan fingerprint density at radius 3 is 1.78 bits per heavy atom. The average Bonchev–Trinajstić information content (AvgIpc) is 4.00. The highest BCUT2D eigenvalue weighted by molar-refractivity contribution is 7.88. The number of hydrogen-bond acceptors (Lipinski definition) is 7. The van der Waals surface area contributed by atoms with Gasteiger partial charge in [0.15, 0.2) is 0 Å². The van der Waals surface area contributed by atoms with Crippen molar-refractivity contribution in [2.75, 3.05) is 32.5 Å². The Balaban J connectivity index is 0.000000169. The number of nitrogens with zero attached hydrogens (tertiary/aromatic N) is 5. The molecule has 0 spiro atoms. The third-order valence-electron chi connectivity index (χ3n) is 10.4. The molecule has 0 radical (unpaired) electrons. The van der Waals surface area contributed by atoms with E-state index in [0.717, 1.165) is 82.1 Å². The summed E-state index contributed by atoms with van der Waals surface area (Å²) in [5, 5.41) is 2.90. The van der Waals surface area contributed by atoms with Gasteiger partial charge in [0.1, 0.15) is 0 Å². The highest BCUT2D eigenvalue weighted by atomic mass is 32.2. The van der Waals surface area contributed by atoms with Crippen LogP contribution in [0.2, 0.25) is 0 Å². The van der Waals surface area contributed by atoms with Gasteiger partial charge in [-0.15, -0.1) is 0 Å². The lowest BCUT2D eigenvalue weighted by Gasteiger charge is -2.40. The van der Waals surface area contributed by atoms with Crippen LogP contribution in [0.5, 0.6) is 0 Å². The van der Waals surface area contributed by atoms with Crippen LogP contribution in [0.3, 0.4) is 0 Å². The van der Waals surface area contributed by atoms with Gasteiger partial charge in [-0.05, 0) is 57.8 Å². The second-order valence-electron chi connectivity index (χ2n) is 13.7. The molecule has 13 heteroatoms. The van der Waals surface area contributed by atoms with Crippen LogP contribution in [0.4, 0.5) is 9.59 Å². The van der Waals surface area contributed by atoms with Gasteiger partial charge in [0.25, 0.3) is 0 Å². The lowest BCUT2D eigenvalue weighted by molar-refractivity contribution is 0.0436. The topological polar surface area (TPSA) is 118 Å². The van der Waals surface area contributed by atoms with Crippen molar-refractivity contribution in [2.24, 2.45) is 0 Å². The quantitative estimate of drug-likeness (QED) is 0.317. The molecule has 5 heterocycles. The second kappa shape index (κ2) is 16.4. The molecule has 50 heavy (non-hydrogen) atoms. The maximum absolute atomic E-state index is 12.8. The van der Waals surface area contributed by atoms with Gasteiger partial charge in [0, 0.05) is 49.5 Å². The molecule has 5 atom stereocenters. The number of likely N-dealkylation sites (tertiary alicyclic amines) is 2. The van der Waals surface area contributed by atoms with Gasteiger partial charge >= 0.3 is 12.1 Å². The zero-order chi connectivity index (χ0) is 35.3. The summed E-state index contributed by atoms with van der Waals surface area (Å²) in [5.74, 6) is 0. The highest BCUT2D eigenvalue weighted by Gasteiger charge is 2.49. The number of hydrogen-bond donors (Lipinski definition) is 0. The smallest absolute Gasteiger partial charge is 0.347 e. The molecule has 5 unspecified atom stereocenters. The van der Waals surface area contributed by atoms with E-state index in [9.17, 15) is 18.0 Å². The molecule has 2 aromatic rings. The monoisotopic (exact) mass is 711 g/mol. The van der Waals surface area contributed by atoms with Crippen molar-refractivity contribution < 1.29 is 32.4 Å². The van der Waals surface area contributed by atoms with Gasteiger partial charge in [-0.2, -0.15) is 14.4 Å². The van der Waals surface area contributed by atoms with E-state index in [0.29, 0.717) is 19.5 Å².